The molecule has 0 saturated heterocycles. The van der Waals surface area contributed by atoms with Gasteiger partial charge in [0.15, 0.2) is 0 Å². The van der Waals surface area contributed by atoms with E-state index in [0.29, 0.717) is 19.3 Å². The van der Waals surface area contributed by atoms with Crippen LogP contribution in [-0.4, -0.2) is 32.5 Å². The van der Waals surface area contributed by atoms with Crippen molar-refractivity contribution in [3.63, 3.8) is 0 Å². The minimum atomic E-state index is 0.259. The molecule has 1 aromatic carbocycles. The Bertz CT molecular complexity index is 448. The zero-order chi connectivity index (χ0) is 14.5. The normalized spacial score (nSPS) is 18.5. The van der Waals surface area contributed by atoms with Crippen LogP contribution in [0.25, 0.3) is 0 Å². The molecule has 2 rings (SSSR count). The summed E-state index contributed by atoms with van der Waals surface area (Å²) in [5.74, 6) is 1.96. The molecule has 20 heavy (non-hydrogen) atoms. The lowest BCUT2D eigenvalue weighted by molar-refractivity contribution is 0.171. The summed E-state index contributed by atoms with van der Waals surface area (Å²) in [6, 6.07) is 4.54. The van der Waals surface area contributed by atoms with Gasteiger partial charge in [-0.3, -0.25) is 0 Å². The second kappa shape index (κ2) is 6.95. The fourth-order valence-electron chi connectivity index (χ4n) is 2.50. The maximum absolute atomic E-state index is 5.83. The van der Waals surface area contributed by atoms with Crippen LogP contribution in [0, 0.1) is 0 Å². The van der Waals surface area contributed by atoms with Gasteiger partial charge in [0.2, 0.25) is 0 Å². The van der Waals surface area contributed by atoms with Gasteiger partial charge in [-0.1, -0.05) is 0 Å². The number of methoxy groups -OCH3 is 1. The van der Waals surface area contributed by atoms with E-state index < -0.39 is 0 Å². The molecule has 0 radical (unpaired) electrons. The van der Waals surface area contributed by atoms with E-state index in [4.69, 9.17) is 14.2 Å². The predicted octanol–water partition coefficient (Wildman–Crippen LogP) is 2.53. The summed E-state index contributed by atoms with van der Waals surface area (Å²) in [4.78, 5) is 0. The van der Waals surface area contributed by atoms with Gasteiger partial charge < -0.3 is 19.5 Å². The molecule has 0 fully saturated rings. The van der Waals surface area contributed by atoms with Crippen molar-refractivity contribution >= 4 is 0 Å². The average molecular weight is 279 g/mol. The fraction of sp³-hybridized carbons (Fsp3) is 0.625. The summed E-state index contributed by atoms with van der Waals surface area (Å²) >= 11 is 0. The third-order valence-electron chi connectivity index (χ3n) is 3.44. The molecule has 1 aliphatic heterocycles. The topological polar surface area (TPSA) is 39.7 Å². The van der Waals surface area contributed by atoms with Crippen LogP contribution in [0.15, 0.2) is 12.1 Å². The number of hydrogen-bond acceptors (Lipinski definition) is 4. The zero-order valence-corrected chi connectivity index (χ0v) is 12.9. The average Bonchev–Trinajstić information content (AvgIpc) is 2.76. The van der Waals surface area contributed by atoms with E-state index in [1.54, 1.807) is 7.11 Å². The van der Waals surface area contributed by atoms with Crippen molar-refractivity contribution in [3.8, 4) is 11.5 Å². The van der Waals surface area contributed by atoms with Gasteiger partial charge in [-0.2, -0.15) is 0 Å². The molecule has 4 heteroatoms. The lowest BCUT2D eigenvalue weighted by Crippen LogP contribution is -2.29. The summed E-state index contributed by atoms with van der Waals surface area (Å²) < 4.78 is 16.7. The second-order valence-corrected chi connectivity index (χ2v) is 5.37. The van der Waals surface area contributed by atoms with Crippen molar-refractivity contribution in [2.75, 3.05) is 20.3 Å². The van der Waals surface area contributed by atoms with Gasteiger partial charge in [-0.15, -0.1) is 0 Å². The summed E-state index contributed by atoms with van der Waals surface area (Å²) in [6.45, 7) is 8.34. The second-order valence-electron chi connectivity index (χ2n) is 5.37. The van der Waals surface area contributed by atoms with Crippen LogP contribution < -0.4 is 14.8 Å². The maximum Gasteiger partial charge on any atom is 0.124 e. The first-order valence-electron chi connectivity index (χ1n) is 7.31. The Balaban J connectivity index is 2.12. The van der Waals surface area contributed by atoms with Gasteiger partial charge in [-0.05, 0) is 32.9 Å². The van der Waals surface area contributed by atoms with E-state index in [9.17, 15) is 0 Å². The summed E-state index contributed by atoms with van der Waals surface area (Å²) in [5, 5.41) is 3.44. The van der Waals surface area contributed by atoms with Crippen LogP contribution >= 0.6 is 0 Å². The smallest absolute Gasteiger partial charge is 0.124 e. The summed E-state index contributed by atoms with van der Waals surface area (Å²) in [5.41, 5.74) is 2.39. The molecule has 0 aliphatic carbocycles. The summed E-state index contributed by atoms with van der Waals surface area (Å²) in [6.07, 6.45) is 1.22. The molecule has 1 aromatic rings. The highest BCUT2D eigenvalue weighted by Gasteiger charge is 2.21. The predicted molar refractivity (Wildman–Crippen MR) is 79.6 cm³/mol. The summed E-state index contributed by atoms with van der Waals surface area (Å²) in [7, 11) is 1.72. The first-order chi connectivity index (χ1) is 9.63. The van der Waals surface area contributed by atoms with Gasteiger partial charge in [0.1, 0.15) is 17.6 Å². The molecule has 2 unspecified atom stereocenters. The Hall–Kier alpha value is -1.26. The molecule has 112 valence electrons. The molecule has 2 atom stereocenters. The van der Waals surface area contributed by atoms with Crippen molar-refractivity contribution in [1.29, 1.82) is 0 Å². The highest BCUT2D eigenvalue weighted by molar-refractivity contribution is 5.48. The SMILES string of the molecule is CCOc1cc2c(cc1CNC(C)COC)OC(C)C2. The molecular weight excluding hydrogens is 254 g/mol. The van der Waals surface area contributed by atoms with Crippen LogP contribution in [0.5, 0.6) is 11.5 Å². The lowest BCUT2D eigenvalue weighted by Gasteiger charge is -2.16. The van der Waals surface area contributed by atoms with E-state index in [1.807, 2.05) is 6.92 Å². The largest absolute Gasteiger partial charge is 0.494 e. The first kappa shape index (κ1) is 15.1. The molecule has 0 saturated carbocycles. The fourth-order valence-corrected chi connectivity index (χ4v) is 2.50. The Morgan fingerprint density at radius 2 is 2.25 bits per heavy atom. The van der Waals surface area contributed by atoms with Crippen LogP contribution in [0.3, 0.4) is 0 Å². The molecule has 0 bridgehead atoms. The van der Waals surface area contributed by atoms with Crippen LogP contribution in [0.1, 0.15) is 31.9 Å². The Labute approximate surface area is 121 Å². The van der Waals surface area contributed by atoms with Crippen molar-refractivity contribution in [2.45, 2.75) is 45.9 Å². The molecule has 0 aromatic heterocycles. The molecule has 0 amide bonds. The number of nitrogens with one attached hydrogen (secondary N) is 1. The van der Waals surface area contributed by atoms with Gasteiger partial charge in [0, 0.05) is 37.2 Å². The number of benzene rings is 1. The highest BCUT2D eigenvalue weighted by atomic mass is 16.5. The monoisotopic (exact) mass is 279 g/mol. The highest BCUT2D eigenvalue weighted by Crippen LogP contribution is 2.35. The minimum absolute atomic E-state index is 0.259. The van der Waals surface area contributed by atoms with E-state index >= 15 is 0 Å². The minimum Gasteiger partial charge on any atom is -0.494 e. The lowest BCUT2D eigenvalue weighted by atomic mass is 10.1. The van der Waals surface area contributed by atoms with Crippen molar-refractivity contribution < 1.29 is 14.2 Å². The Morgan fingerprint density at radius 3 is 2.95 bits per heavy atom. The molecule has 1 N–H and O–H groups in total. The van der Waals surface area contributed by atoms with E-state index in [0.717, 1.165) is 30.0 Å². The molecular formula is C16H25NO3. The number of ether oxygens (including phenoxy) is 3. The first-order valence-corrected chi connectivity index (χ1v) is 7.31. The number of hydrogen-bond donors (Lipinski definition) is 1. The quantitative estimate of drug-likeness (QED) is 0.832. The Morgan fingerprint density at radius 1 is 1.45 bits per heavy atom. The van der Waals surface area contributed by atoms with Crippen molar-refractivity contribution in [3.05, 3.63) is 23.3 Å². The standard InChI is InChI=1S/C16H25NO3/c1-5-19-15-7-13-6-12(3)20-16(13)8-14(15)9-17-11(2)10-18-4/h7-8,11-12,17H,5-6,9-10H2,1-4H3. The van der Waals surface area contributed by atoms with E-state index in [2.05, 4.69) is 31.3 Å². The third kappa shape index (κ3) is 3.64. The van der Waals surface area contributed by atoms with E-state index in [-0.39, 0.29) is 6.10 Å². The van der Waals surface area contributed by atoms with Gasteiger partial charge in [-0.25, -0.2) is 0 Å². The number of fused-ring (bicyclic) bond motifs is 1. The zero-order valence-electron chi connectivity index (χ0n) is 12.9. The van der Waals surface area contributed by atoms with Crippen LogP contribution in [0.2, 0.25) is 0 Å². The van der Waals surface area contributed by atoms with Gasteiger partial charge in [0.05, 0.1) is 13.2 Å². The third-order valence-corrected chi connectivity index (χ3v) is 3.44. The Kier molecular flexibility index (Phi) is 5.26. The van der Waals surface area contributed by atoms with Crippen LogP contribution in [-0.2, 0) is 17.7 Å². The maximum atomic E-state index is 5.83. The van der Waals surface area contributed by atoms with Crippen LogP contribution in [0.4, 0.5) is 0 Å². The van der Waals surface area contributed by atoms with Crippen molar-refractivity contribution in [2.24, 2.45) is 0 Å². The van der Waals surface area contributed by atoms with Gasteiger partial charge >= 0.3 is 0 Å². The molecule has 4 nitrogen and oxygen atoms in total. The molecule has 1 heterocycles. The van der Waals surface area contributed by atoms with Gasteiger partial charge in [0.25, 0.3) is 0 Å². The molecule has 1 aliphatic rings. The molecule has 0 spiro atoms. The van der Waals surface area contributed by atoms with E-state index in [1.165, 1.54) is 5.56 Å². The van der Waals surface area contributed by atoms with Crippen molar-refractivity contribution in [1.82, 2.24) is 5.32 Å². The number of rotatable bonds is 7.